The lowest BCUT2D eigenvalue weighted by Crippen LogP contribution is -2.37. The molecular weight excluding hydrogens is 210 g/mol. The average molecular weight is 231 g/mol. The maximum absolute atomic E-state index is 11.7. The Morgan fingerprint density at radius 3 is 2.59 bits per heavy atom. The molecule has 1 aromatic carbocycles. The second-order valence-electron chi connectivity index (χ2n) is 4.90. The number of carbonyl (C=O) groups excluding carboxylic acids is 1. The first-order chi connectivity index (χ1) is 8.29. The van der Waals surface area contributed by atoms with Crippen LogP contribution in [0.25, 0.3) is 0 Å². The largest absolute Gasteiger partial charge is 0.356 e. The lowest BCUT2D eigenvalue weighted by molar-refractivity contribution is -0.126. The van der Waals surface area contributed by atoms with Gasteiger partial charge in [-0.3, -0.25) is 4.79 Å². The fourth-order valence-electron chi connectivity index (χ4n) is 2.45. The number of carbonyl (C=O) groups is 1. The summed E-state index contributed by atoms with van der Waals surface area (Å²) in [6.07, 6.45) is 5.36. The predicted octanol–water partition coefficient (Wildman–Crippen LogP) is 2.71. The van der Waals surface area contributed by atoms with Crippen LogP contribution >= 0.6 is 0 Å². The van der Waals surface area contributed by atoms with Gasteiger partial charge in [0, 0.05) is 12.5 Å². The van der Waals surface area contributed by atoms with Crippen molar-refractivity contribution in [1.29, 1.82) is 0 Å². The molecule has 92 valence electrons. The van der Waals surface area contributed by atoms with Gasteiger partial charge in [0.15, 0.2) is 0 Å². The van der Waals surface area contributed by atoms with Crippen LogP contribution in [0.5, 0.6) is 0 Å². The van der Waals surface area contributed by atoms with Crippen LogP contribution in [-0.2, 0) is 17.6 Å². The van der Waals surface area contributed by atoms with E-state index in [1.807, 2.05) is 0 Å². The number of aryl methyl sites for hydroxylation is 1. The normalized spacial score (nSPS) is 20.1. The molecule has 0 saturated carbocycles. The molecule has 2 nitrogen and oxygen atoms in total. The summed E-state index contributed by atoms with van der Waals surface area (Å²) in [6, 6.07) is 8.74. The molecule has 2 rings (SSSR count). The minimum absolute atomic E-state index is 0.181. The quantitative estimate of drug-likeness (QED) is 0.848. The molecule has 1 aromatic rings. The Labute approximate surface area is 103 Å². The van der Waals surface area contributed by atoms with E-state index >= 15 is 0 Å². The standard InChI is InChI=1S/C15H21NO/c1-2-4-12-6-8-13(9-7-12)11-14-5-3-10-16-15(14)17/h6-9,14H,2-5,10-11H2,1H3,(H,16,17). The number of piperidine rings is 1. The van der Waals surface area contributed by atoms with E-state index in [4.69, 9.17) is 0 Å². The van der Waals surface area contributed by atoms with Gasteiger partial charge in [-0.05, 0) is 36.8 Å². The number of hydrogen-bond donors (Lipinski definition) is 1. The number of benzene rings is 1. The molecule has 1 aliphatic heterocycles. The molecule has 1 saturated heterocycles. The molecule has 1 fully saturated rings. The summed E-state index contributed by atoms with van der Waals surface area (Å²) in [6.45, 7) is 3.05. The zero-order chi connectivity index (χ0) is 12.1. The third-order valence-electron chi connectivity index (χ3n) is 3.44. The van der Waals surface area contributed by atoms with Crippen molar-refractivity contribution in [2.24, 2.45) is 5.92 Å². The van der Waals surface area contributed by atoms with Crippen LogP contribution in [0.15, 0.2) is 24.3 Å². The van der Waals surface area contributed by atoms with Gasteiger partial charge in [-0.15, -0.1) is 0 Å². The first-order valence-electron chi connectivity index (χ1n) is 6.65. The Morgan fingerprint density at radius 1 is 1.24 bits per heavy atom. The van der Waals surface area contributed by atoms with Gasteiger partial charge in [0.1, 0.15) is 0 Å². The summed E-state index contributed by atoms with van der Waals surface area (Å²) < 4.78 is 0. The van der Waals surface area contributed by atoms with E-state index in [2.05, 4.69) is 36.5 Å². The van der Waals surface area contributed by atoms with E-state index < -0.39 is 0 Å². The van der Waals surface area contributed by atoms with Crippen LogP contribution in [0.2, 0.25) is 0 Å². The molecule has 1 unspecified atom stereocenters. The van der Waals surface area contributed by atoms with E-state index in [0.29, 0.717) is 0 Å². The Hall–Kier alpha value is -1.31. The average Bonchev–Trinajstić information content (AvgIpc) is 2.35. The minimum atomic E-state index is 0.181. The molecular formula is C15H21NO. The van der Waals surface area contributed by atoms with Crippen LogP contribution in [0, 0.1) is 5.92 Å². The molecule has 0 spiro atoms. The molecule has 1 heterocycles. The first kappa shape index (κ1) is 12.2. The van der Waals surface area contributed by atoms with Crippen molar-refractivity contribution in [2.45, 2.75) is 39.0 Å². The Morgan fingerprint density at radius 2 is 1.94 bits per heavy atom. The topological polar surface area (TPSA) is 29.1 Å². The molecule has 17 heavy (non-hydrogen) atoms. The van der Waals surface area contributed by atoms with Crippen molar-refractivity contribution in [2.75, 3.05) is 6.54 Å². The SMILES string of the molecule is CCCc1ccc(CC2CCCNC2=O)cc1. The fourth-order valence-corrected chi connectivity index (χ4v) is 2.45. The summed E-state index contributed by atoms with van der Waals surface area (Å²) >= 11 is 0. The smallest absolute Gasteiger partial charge is 0.223 e. The molecule has 2 heteroatoms. The monoisotopic (exact) mass is 231 g/mol. The van der Waals surface area contributed by atoms with Crippen LogP contribution in [0.1, 0.15) is 37.3 Å². The van der Waals surface area contributed by atoms with Gasteiger partial charge in [-0.25, -0.2) is 0 Å². The number of hydrogen-bond acceptors (Lipinski definition) is 1. The molecule has 1 atom stereocenters. The fraction of sp³-hybridized carbons (Fsp3) is 0.533. The highest BCUT2D eigenvalue weighted by atomic mass is 16.1. The zero-order valence-corrected chi connectivity index (χ0v) is 10.5. The highest BCUT2D eigenvalue weighted by Gasteiger charge is 2.21. The van der Waals surface area contributed by atoms with Crippen molar-refractivity contribution >= 4 is 5.91 Å². The van der Waals surface area contributed by atoms with Crippen molar-refractivity contribution < 1.29 is 4.79 Å². The summed E-state index contributed by atoms with van der Waals surface area (Å²) in [5.74, 6) is 0.412. The summed E-state index contributed by atoms with van der Waals surface area (Å²) in [5, 5.41) is 2.95. The molecule has 0 radical (unpaired) electrons. The summed E-state index contributed by atoms with van der Waals surface area (Å²) in [7, 11) is 0. The van der Waals surface area contributed by atoms with E-state index in [1.54, 1.807) is 0 Å². The van der Waals surface area contributed by atoms with Gasteiger partial charge >= 0.3 is 0 Å². The highest BCUT2D eigenvalue weighted by Crippen LogP contribution is 2.18. The van der Waals surface area contributed by atoms with Crippen molar-refractivity contribution in [3.8, 4) is 0 Å². The molecule has 1 aliphatic rings. The van der Waals surface area contributed by atoms with Crippen LogP contribution in [0.4, 0.5) is 0 Å². The van der Waals surface area contributed by atoms with Gasteiger partial charge in [-0.1, -0.05) is 37.6 Å². The number of nitrogens with one attached hydrogen (secondary N) is 1. The van der Waals surface area contributed by atoms with Gasteiger partial charge in [0.25, 0.3) is 0 Å². The van der Waals surface area contributed by atoms with E-state index in [-0.39, 0.29) is 11.8 Å². The van der Waals surface area contributed by atoms with E-state index in [0.717, 1.165) is 32.2 Å². The lowest BCUT2D eigenvalue weighted by atomic mass is 9.91. The molecule has 1 amide bonds. The lowest BCUT2D eigenvalue weighted by Gasteiger charge is -2.21. The Bertz CT molecular complexity index is 369. The molecule has 0 aromatic heterocycles. The number of rotatable bonds is 4. The molecule has 0 bridgehead atoms. The van der Waals surface area contributed by atoms with Gasteiger partial charge in [0.05, 0.1) is 0 Å². The Kier molecular flexibility index (Phi) is 4.18. The second kappa shape index (κ2) is 5.85. The van der Waals surface area contributed by atoms with Gasteiger partial charge < -0.3 is 5.32 Å². The van der Waals surface area contributed by atoms with Crippen LogP contribution in [-0.4, -0.2) is 12.5 Å². The van der Waals surface area contributed by atoms with Gasteiger partial charge in [0.2, 0.25) is 5.91 Å². The Balaban J connectivity index is 1.95. The van der Waals surface area contributed by atoms with Crippen LogP contribution in [0.3, 0.4) is 0 Å². The van der Waals surface area contributed by atoms with Crippen LogP contribution < -0.4 is 5.32 Å². The first-order valence-corrected chi connectivity index (χ1v) is 6.65. The third kappa shape index (κ3) is 3.32. The molecule has 0 aliphatic carbocycles. The summed E-state index contributed by atoms with van der Waals surface area (Å²) in [4.78, 5) is 11.7. The summed E-state index contributed by atoms with van der Waals surface area (Å²) in [5.41, 5.74) is 2.68. The molecule has 1 N–H and O–H groups in total. The van der Waals surface area contributed by atoms with Crippen molar-refractivity contribution in [1.82, 2.24) is 5.32 Å². The van der Waals surface area contributed by atoms with Crippen molar-refractivity contribution in [3.63, 3.8) is 0 Å². The number of amides is 1. The maximum atomic E-state index is 11.7. The van der Waals surface area contributed by atoms with Crippen molar-refractivity contribution in [3.05, 3.63) is 35.4 Å². The predicted molar refractivity (Wildman–Crippen MR) is 69.9 cm³/mol. The minimum Gasteiger partial charge on any atom is -0.356 e. The van der Waals surface area contributed by atoms with E-state index in [9.17, 15) is 4.79 Å². The second-order valence-corrected chi connectivity index (χ2v) is 4.90. The highest BCUT2D eigenvalue weighted by molar-refractivity contribution is 5.79. The zero-order valence-electron chi connectivity index (χ0n) is 10.5. The third-order valence-corrected chi connectivity index (χ3v) is 3.44. The van der Waals surface area contributed by atoms with Gasteiger partial charge in [-0.2, -0.15) is 0 Å². The maximum Gasteiger partial charge on any atom is 0.223 e. The van der Waals surface area contributed by atoms with E-state index in [1.165, 1.54) is 17.5 Å².